The summed E-state index contributed by atoms with van der Waals surface area (Å²) in [7, 11) is -3.52. The SMILES string of the molecule is O=C(c1nn([C@H]2CCNC2)c2c1CS(=O)(=O)c1ccccc1-2)N1CCOCC1. The summed E-state index contributed by atoms with van der Waals surface area (Å²) in [6.45, 7) is 3.61. The second kappa shape index (κ2) is 6.68. The average Bonchev–Trinajstić information content (AvgIpc) is 3.36. The van der Waals surface area contributed by atoms with Gasteiger partial charge in [-0.1, -0.05) is 18.2 Å². The predicted octanol–water partition coefficient (Wildman–Crippen LogP) is 0.844. The molecule has 1 N–H and O–H groups in total. The van der Waals surface area contributed by atoms with Gasteiger partial charge < -0.3 is 15.0 Å². The number of benzene rings is 1. The van der Waals surface area contributed by atoms with E-state index < -0.39 is 9.84 Å². The number of hydrogen-bond donors (Lipinski definition) is 1. The Morgan fingerprint density at radius 2 is 2.00 bits per heavy atom. The lowest BCUT2D eigenvalue weighted by atomic mass is 10.0. The quantitative estimate of drug-likeness (QED) is 0.800. The van der Waals surface area contributed by atoms with Crippen molar-refractivity contribution in [2.75, 3.05) is 39.4 Å². The van der Waals surface area contributed by atoms with Crippen molar-refractivity contribution in [2.45, 2.75) is 23.1 Å². The molecule has 4 heterocycles. The fourth-order valence-electron chi connectivity index (χ4n) is 4.29. The van der Waals surface area contributed by atoms with Crippen molar-refractivity contribution in [3.8, 4) is 11.3 Å². The van der Waals surface area contributed by atoms with Crippen LogP contribution in [0.2, 0.25) is 0 Å². The van der Waals surface area contributed by atoms with E-state index in [1.165, 1.54) is 0 Å². The predicted molar refractivity (Wildman–Crippen MR) is 102 cm³/mol. The van der Waals surface area contributed by atoms with Crippen molar-refractivity contribution < 1.29 is 17.9 Å². The Kier molecular flexibility index (Phi) is 4.26. The van der Waals surface area contributed by atoms with Gasteiger partial charge in [-0.25, -0.2) is 8.42 Å². The fourth-order valence-corrected chi connectivity index (χ4v) is 5.89. The smallest absolute Gasteiger partial charge is 0.274 e. The number of sulfone groups is 1. The molecule has 2 aromatic rings. The van der Waals surface area contributed by atoms with Crippen molar-refractivity contribution in [1.29, 1.82) is 0 Å². The van der Waals surface area contributed by atoms with E-state index in [-0.39, 0.29) is 23.4 Å². The van der Waals surface area contributed by atoms with Crippen molar-refractivity contribution >= 4 is 15.7 Å². The number of hydrogen-bond acceptors (Lipinski definition) is 6. The van der Waals surface area contributed by atoms with Gasteiger partial charge in [0.15, 0.2) is 15.5 Å². The molecule has 2 saturated heterocycles. The lowest BCUT2D eigenvalue weighted by Gasteiger charge is -2.26. The summed E-state index contributed by atoms with van der Waals surface area (Å²) in [4.78, 5) is 15.2. The maximum atomic E-state index is 13.2. The van der Waals surface area contributed by atoms with Gasteiger partial charge in [-0.2, -0.15) is 5.10 Å². The Labute approximate surface area is 163 Å². The summed E-state index contributed by atoms with van der Waals surface area (Å²) in [5.41, 5.74) is 2.21. The van der Waals surface area contributed by atoms with Crippen molar-refractivity contribution in [1.82, 2.24) is 20.0 Å². The number of aromatic nitrogens is 2. The van der Waals surface area contributed by atoms with Gasteiger partial charge in [0.2, 0.25) is 0 Å². The van der Waals surface area contributed by atoms with Crippen LogP contribution in [0.4, 0.5) is 0 Å². The normalized spacial score (nSPS) is 23.3. The van der Waals surface area contributed by atoms with E-state index in [2.05, 4.69) is 5.32 Å². The molecule has 0 radical (unpaired) electrons. The van der Waals surface area contributed by atoms with Gasteiger partial charge in [-0.05, 0) is 19.0 Å². The largest absolute Gasteiger partial charge is 0.378 e. The third-order valence-corrected chi connectivity index (χ3v) is 7.40. The van der Waals surface area contributed by atoms with Crippen LogP contribution in [0.5, 0.6) is 0 Å². The minimum atomic E-state index is -3.52. The van der Waals surface area contributed by atoms with Crippen LogP contribution >= 0.6 is 0 Å². The second-order valence-corrected chi connectivity index (χ2v) is 9.38. The Hall–Kier alpha value is -2.23. The summed E-state index contributed by atoms with van der Waals surface area (Å²) in [5.74, 6) is -0.399. The highest BCUT2D eigenvalue weighted by molar-refractivity contribution is 7.90. The van der Waals surface area contributed by atoms with Crippen molar-refractivity contribution in [3.05, 3.63) is 35.5 Å². The van der Waals surface area contributed by atoms with E-state index in [1.807, 2.05) is 16.8 Å². The van der Waals surface area contributed by atoms with E-state index in [9.17, 15) is 13.2 Å². The molecule has 0 spiro atoms. The van der Waals surface area contributed by atoms with E-state index in [4.69, 9.17) is 9.84 Å². The van der Waals surface area contributed by atoms with Crippen LogP contribution in [0.25, 0.3) is 11.3 Å². The highest BCUT2D eigenvalue weighted by Crippen LogP contribution is 2.41. The van der Waals surface area contributed by atoms with Gasteiger partial charge in [0, 0.05) is 30.8 Å². The van der Waals surface area contributed by atoms with Gasteiger partial charge in [0.25, 0.3) is 5.91 Å². The summed E-state index contributed by atoms with van der Waals surface area (Å²) < 4.78 is 33.1. The van der Waals surface area contributed by atoms with Gasteiger partial charge in [0.05, 0.1) is 35.6 Å². The van der Waals surface area contributed by atoms with E-state index in [0.29, 0.717) is 42.3 Å². The molecule has 9 heteroatoms. The molecule has 3 aliphatic rings. The molecule has 1 amide bonds. The van der Waals surface area contributed by atoms with Gasteiger partial charge in [-0.15, -0.1) is 0 Å². The number of carbonyl (C=O) groups excluding carboxylic acids is 1. The molecule has 3 aliphatic heterocycles. The first-order valence-corrected chi connectivity index (χ1v) is 11.2. The van der Waals surface area contributed by atoms with E-state index in [1.54, 1.807) is 17.0 Å². The maximum Gasteiger partial charge on any atom is 0.274 e. The average molecular weight is 402 g/mol. The number of nitrogens with one attached hydrogen (secondary N) is 1. The summed E-state index contributed by atoms with van der Waals surface area (Å²) in [5, 5.41) is 8.02. The minimum absolute atomic E-state index is 0.105. The first kappa shape index (κ1) is 17.8. The summed E-state index contributed by atoms with van der Waals surface area (Å²) in [6, 6.07) is 7.13. The molecule has 1 aromatic heterocycles. The number of fused-ring (bicyclic) bond motifs is 3. The van der Waals surface area contributed by atoms with Gasteiger partial charge in [0.1, 0.15) is 0 Å². The fraction of sp³-hybridized carbons (Fsp3) is 0.474. The number of amides is 1. The first-order chi connectivity index (χ1) is 13.6. The third-order valence-electron chi connectivity index (χ3n) is 5.70. The molecule has 1 atom stereocenters. The highest BCUT2D eigenvalue weighted by atomic mass is 32.2. The zero-order valence-corrected chi connectivity index (χ0v) is 16.2. The molecular weight excluding hydrogens is 380 g/mol. The van der Waals surface area contributed by atoms with Gasteiger partial charge >= 0.3 is 0 Å². The molecule has 0 saturated carbocycles. The number of ether oxygens (including phenoxy) is 1. The molecule has 0 aliphatic carbocycles. The Morgan fingerprint density at radius 3 is 2.75 bits per heavy atom. The van der Waals surface area contributed by atoms with Crippen LogP contribution in [0.1, 0.15) is 28.5 Å². The molecule has 2 fully saturated rings. The molecular formula is C19H22N4O4S. The topological polar surface area (TPSA) is 93.5 Å². The summed E-state index contributed by atoms with van der Waals surface area (Å²) >= 11 is 0. The van der Waals surface area contributed by atoms with E-state index in [0.717, 1.165) is 25.2 Å². The Balaban J connectivity index is 1.70. The molecule has 148 valence electrons. The van der Waals surface area contributed by atoms with Crippen LogP contribution in [0.3, 0.4) is 0 Å². The molecule has 8 nitrogen and oxygen atoms in total. The number of rotatable bonds is 2. The number of nitrogens with zero attached hydrogens (tertiary/aromatic N) is 3. The molecule has 1 aromatic carbocycles. The third kappa shape index (κ3) is 2.76. The monoisotopic (exact) mass is 402 g/mol. The lowest BCUT2D eigenvalue weighted by Crippen LogP contribution is -2.41. The van der Waals surface area contributed by atoms with Crippen LogP contribution in [0, 0.1) is 0 Å². The number of morpholine rings is 1. The number of carbonyl (C=O) groups is 1. The Morgan fingerprint density at radius 1 is 1.21 bits per heavy atom. The molecule has 0 bridgehead atoms. The van der Waals surface area contributed by atoms with Crippen LogP contribution in [-0.2, 0) is 20.3 Å². The molecule has 5 rings (SSSR count). The molecule has 28 heavy (non-hydrogen) atoms. The van der Waals surface area contributed by atoms with Crippen LogP contribution in [-0.4, -0.2) is 68.4 Å². The van der Waals surface area contributed by atoms with Gasteiger partial charge in [-0.3, -0.25) is 9.48 Å². The van der Waals surface area contributed by atoms with Crippen molar-refractivity contribution in [2.24, 2.45) is 0 Å². The molecule has 0 unspecified atom stereocenters. The van der Waals surface area contributed by atoms with Crippen molar-refractivity contribution in [3.63, 3.8) is 0 Å². The summed E-state index contributed by atoms with van der Waals surface area (Å²) in [6.07, 6.45) is 0.897. The standard InChI is InChI=1S/C19H22N4O4S/c24-19(22-7-9-27-10-8-22)17-15-12-28(25,26)16-4-2-1-3-14(16)18(15)23(21-17)13-5-6-20-11-13/h1-4,13,20H,5-12H2/t13-/m0/s1. The zero-order valence-electron chi connectivity index (χ0n) is 15.4. The van der Waals surface area contributed by atoms with Crippen LogP contribution in [0.15, 0.2) is 29.2 Å². The Bertz CT molecular complexity index is 1030. The first-order valence-electron chi connectivity index (χ1n) is 9.57. The van der Waals surface area contributed by atoms with Crippen LogP contribution < -0.4 is 5.32 Å². The second-order valence-electron chi connectivity index (χ2n) is 7.43. The maximum absolute atomic E-state index is 13.2. The lowest BCUT2D eigenvalue weighted by molar-refractivity contribution is 0.0297. The minimum Gasteiger partial charge on any atom is -0.378 e. The zero-order chi connectivity index (χ0) is 19.3. The van der Waals surface area contributed by atoms with E-state index >= 15 is 0 Å². The highest BCUT2D eigenvalue weighted by Gasteiger charge is 2.38.